The minimum absolute atomic E-state index is 0.105. The molecule has 0 aliphatic carbocycles. The molecule has 0 aromatic heterocycles. The van der Waals surface area contributed by atoms with Crippen LogP contribution in [0.1, 0.15) is 395 Å². The fourth-order valence-corrected chi connectivity index (χ4v) is 13.2. The van der Waals surface area contributed by atoms with Crippen molar-refractivity contribution in [3.63, 3.8) is 0 Å². The molecule has 0 saturated carbocycles. The maximum atomic E-state index is 13.1. The second kappa shape index (κ2) is 67.9. The van der Waals surface area contributed by atoms with Gasteiger partial charge >= 0.3 is 39.5 Å². The van der Waals surface area contributed by atoms with Gasteiger partial charge in [-0.15, -0.1) is 0 Å². The number of carbonyl (C=O) groups is 4. The number of phosphoric acid groups is 2. The van der Waals surface area contributed by atoms with E-state index in [1.54, 1.807) is 0 Å². The largest absolute Gasteiger partial charge is 0.472 e. The van der Waals surface area contributed by atoms with E-state index in [2.05, 4.69) is 41.5 Å². The van der Waals surface area contributed by atoms with Gasteiger partial charge in [-0.2, -0.15) is 0 Å². The summed E-state index contributed by atoms with van der Waals surface area (Å²) < 4.78 is 68.4. The third-order valence-corrected chi connectivity index (χ3v) is 20.3. The lowest BCUT2D eigenvalue weighted by Crippen LogP contribution is -2.30. The molecule has 0 aromatic carbocycles. The molecule has 0 aliphatic heterocycles. The van der Waals surface area contributed by atoms with E-state index in [4.69, 9.17) is 37.0 Å². The van der Waals surface area contributed by atoms with E-state index in [0.717, 1.165) is 102 Å². The summed E-state index contributed by atoms with van der Waals surface area (Å²) in [7, 11) is -9.91. The summed E-state index contributed by atoms with van der Waals surface area (Å²) in [5.74, 6) is -0.574. The van der Waals surface area contributed by atoms with Gasteiger partial charge in [0.15, 0.2) is 12.2 Å². The maximum absolute atomic E-state index is 13.1. The first kappa shape index (κ1) is 93.1. The minimum Gasteiger partial charge on any atom is -0.462 e. The molecule has 3 N–H and O–H groups in total. The van der Waals surface area contributed by atoms with Gasteiger partial charge in [0.2, 0.25) is 0 Å². The van der Waals surface area contributed by atoms with Crippen LogP contribution in [-0.2, 0) is 65.4 Å². The molecule has 0 amide bonds. The highest BCUT2D eigenvalue weighted by atomic mass is 31.2. The molecule has 564 valence electrons. The Bertz CT molecular complexity index is 1840. The van der Waals surface area contributed by atoms with Gasteiger partial charge in [-0.05, 0) is 37.5 Å². The minimum atomic E-state index is -4.96. The Labute approximate surface area is 581 Å². The molecule has 4 unspecified atom stereocenters. The Morgan fingerprint density at radius 1 is 0.295 bits per heavy atom. The topological polar surface area (TPSA) is 237 Å². The molecule has 0 rings (SSSR count). The Balaban J connectivity index is 5.17. The predicted molar refractivity (Wildman–Crippen MR) is 386 cm³/mol. The van der Waals surface area contributed by atoms with E-state index in [1.807, 2.05) is 0 Å². The highest BCUT2D eigenvalue weighted by Crippen LogP contribution is 2.45. The Kier molecular flexibility index (Phi) is 66.5. The summed E-state index contributed by atoms with van der Waals surface area (Å²) in [6.07, 6.45) is 55.6. The molecule has 0 bridgehead atoms. The Hall–Kier alpha value is -1.94. The van der Waals surface area contributed by atoms with Crippen LogP contribution in [0.25, 0.3) is 0 Å². The first-order valence-corrected chi connectivity index (χ1v) is 42.6. The molecule has 7 atom stereocenters. The summed E-state index contributed by atoms with van der Waals surface area (Å²) in [5, 5.41) is 10.6. The van der Waals surface area contributed by atoms with Crippen molar-refractivity contribution >= 4 is 39.5 Å². The smallest absolute Gasteiger partial charge is 0.462 e. The van der Waals surface area contributed by atoms with Gasteiger partial charge in [-0.3, -0.25) is 37.3 Å². The number of rotatable bonds is 75. The molecule has 0 aliphatic rings. The zero-order valence-electron chi connectivity index (χ0n) is 62.0. The number of aliphatic hydroxyl groups excluding tert-OH is 1. The van der Waals surface area contributed by atoms with Crippen LogP contribution < -0.4 is 0 Å². The number of aliphatic hydroxyl groups is 1. The third-order valence-electron chi connectivity index (χ3n) is 18.4. The van der Waals surface area contributed by atoms with E-state index < -0.39 is 97.5 Å². The first-order chi connectivity index (χ1) is 45.9. The Morgan fingerprint density at radius 2 is 0.505 bits per heavy atom. The van der Waals surface area contributed by atoms with Gasteiger partial charge in [0.05, 0.1) is 26.4 Å². The molecule has 0 radical (unpaired) electrons. The van der Waals surface area contributed by atoms with Crippen molar-refractivity contribution < 1.29 is 80.2 Å². The predicted octanol–water partition coefficient (Wildman–Crippen LogP) is 22.3. The van der Waals surface area contributed by atoms with Gasteiger partial charge in [0.25, 0.3) is 0 Å². The van der Waals surface area contributed by atoms with E-state index >= 15 is 0 Å². The lowest BCUT2D eigenvalue weighted by atomic mass is 9.99. The number of ether oxygens (including phenoxy) is 4. The molecule has 95 heavy (non-hydrogen) atoms. The number of hydrogen-bond donors (Lipinski definition) is 3. The average molecular weight is 1400 g/mol. The number of esters is 4. The molecule has 0 saturated heterocycles. The number of carbonyl (C=O) groups excluding carboxylic acids is 4. The summed E-state index contributed by atoms with van der Waals surface area (Å²) in [6, 6.07) is 0. The van der Waals surface area contributed by atoms with Crippen LogP contribution in [0, 0.1) is 11.8 Å². The zero-order chi connectivity index (χ0) is 70.0. The highest BCUT2D eigenvalue weighted by Gasteiger charge is 2.30. The van der Waals surface area contributed by atoms with E-state index in [-0.39, 0.29) is 25.7 Å². The summed E-state index contributed by atoms with van der Waals surface area (Å²) >= 11 is 0. The average Bonchev–Trinajstić information content (AvgIpc) is 2.25. The van der Waals surface area contributed by atoms with Gasteiger partial charge < -0.3 is 33.8 Å². The van der Waals surface area contributed by atoms with Gasteiger partial charge in [-0.25, -0.2) is 9.13 Å². The van der Waals surface area contributed by atoms with Crippen molar-refractivity contribution in [2.45, 2.75) is 413 Å². The van der Waals surface area contributed by atoms with Crippen LogP contribution >= 0.6 is 15.6 Å². The molecular weight excluding hydrogens is 1250 g/mol. The van der Waals surface area contributed by atoms with Crippen LogP contribution in [0.2, 0.25) is 0 Å². The molecule has 0 aromatic rings. The molecule has 0 fully saturated rings. The monoisotopic (exact) mass is 1400 g/mol. The normalized spacial score (nSPS) is 14.6. The first-order valence-electron chi connectivity index (χ1n) is 39.6. The van der Waals surface area contributed by atoms with Gasteiger partial charge in [0.1, 0.15) is 19.3 Å². The fourth-order valence-electron chi connectivity index (χ4n) is 11.6. The van der Waals surface area contributed by atoms with Crippen LogP contribution in [0.4, 0.5) is 0 Å². The lowest BCUT2D eigenvalue weighted by molar-refractivity contribution is -0.161. The van der Waals surface area contributed by atoms with Crippen LogP contribution in [0.5, 0.6) is 0 Å². The fraction of sp³-hybridized carbons (Fsp3) is 0.947. The second-order valence-corrected chi connectivity index (χ2v) is 30.8. The van der Waals surface area contributed by atoms with Crippen molar-refractivity contribution in [2.75, 3.05) is 39.6 Å². The SMILES string of the molecule is CCCCCCCCCCCCCCCCCCCCCCCCC(=O)O[C@H](COC(=O)CCCCCCCCCCC(C)CC)COP(=O)(O)OC[C@@H](O)COP(=O)(O)OC[C@@H](COC(=O)CCCCCCCCCCC)OC(=O)CCCCCCCCCCC(C)CC. The third kappa shape index (κ3) is 67.6. The zero-order valence-corrected chi connectivity index (χ0v) is 63.8. The lowest BCUT2D eigenvalue weighted by Gasteiger charge is -2.21. The molecular formula is C76H148O17P2. The van der Waals surface area contributed by atoms with Gasteiger partial charge in [-0.1, -0.05) is 343 Å². The van der Waals surface area contributed by atoms with Crippen molar-refractivity contribution in [1.82, 2.24) is 0 Å². The summed E-state index contributed by atoms with van der Waals surface area (Å²) in [6.45, 7) is 9.57. The number of hydrogen-bond acceptors (Lipinski definition) is 15. The highest BCUT2D eigenvalue weighted by molar-refractivity contribution is 7.47. The second-order valence-electron chi connectivity index (χ2n) is 27.9. The summed E-state index contributed by atoms with van der Waals surface area (Å²) in [5.41, 5.74) is 0. The molecule has 0 spiro atoms. The number of phosphoric ester groups is 2. The van der Waals surface area contributed by atoms with E-state index in [0.29, 0.717) is 25.7 Å². The standard InChI is InChI=1S/C76H148O17P2/c1-7-11-13-15-17-19-20-21-22-23-24-25-26-27-28-29-30-31-33-42-48-54-60-75(80)92-71(65-87-74(79)59-53-47-41-36-34-38-44-50-56-68(5)9-3)66-90-94(82,83)88-62-70(77)63-89-95(84,85)91-67-72(64-86-73(78)58-52-46-40-32-18-16-14-12-8-2)93-76(81)61-55-49-43-37-35-39-45-51-57-69(6)10-4/h68-72,77H,7-67H2,1-6H3,(H,82,83)(H,84,85)/t68?,69?,70-,71-,72-/m1/s1. The Morgan fingerprint density at radius 3 is 0.747 bits per heavy atom. The molecule has 17 nitrogen and oxygen atoms in total. The van der Waals surface area contributed by atoms with Crippen molar-refractivity contribution in [1.29, 1.82) is 0 Å². The van der Waals surface area contributed by atoms with Crippen LogP contribution in [0.3, 0.4) is 0 Å². The molecule has 19 heteroatoms. The van der Waals surface area contributed by atoms with E-state index in [1.165, 1.54) is 212 Å². The van der Waals surface area contributed by atoms with Crippen molar-refractivity contribution in [3.8, 4) is 0 Å². The number of unbranched alkanes of at least 4 members (excludes halogenated alkanes) is 43. The quantitative estimate of drug-likeness (QED) is 0.0222. The van der Waals surface area contributed by atoms with Gasteiger partial charge in [0, 0.05) is 25.7 Å². The van der Waals surface area contributed by atoms with Crippen LogP contribution in [0.15, 0.2) is 0 Å². The summed E-state index contributed by atoms with van der Waals surface area (Å²) in [4.78, 5) is 72.7. The maximum Gasteiger partial charge on any atom is 0.472 e. The molecule has 0 heterocycles. The van der Waals surface area contributed by atoms with Crippen molar-refractivity contribution in [3.05, 3.63) is 0 Å². The van der Waals surface area contributed by atoms with Crippen LogP contribution in [-0.4, -0.2) is 96.7 Å². The van der Waals surface area contributed by atoms with Crippen molar-refractivity contribution in [2.24, 2.45) is 11.8 Å². The van der Waals surface area contributed by atoms with E-state index in [9.17, 15) is 43.2 Å².